The quantitative estimate of drug-likeness (QED) is 0.669. The topological polar surface area (TPSA) is 49.8 Å². The number of ether oxygens (including phenoxy) is 1. The third-order valence-electron chi connectivity index (χ3n) is 4.11. The van der Waals surface area contributed by atoms with Gasteiger partial charge in [0.15, 0.2) is 0 Å². The first-order chi connectivity index (χ1) is 10.1. The average molecular weight is 289 g/mol. The van der Waals surface area contributed by atoms with Gasteiger partial charge < -0.3 is 14.7 Å². The van der Waals surface area contributed by atoms with Crippen LogP contribution in [-0.2, 0) is 9.53 Å². The smallest absolute Gasteiger partial charge is 0.354 e. The SMILES string of the molecule is COC(=O)/C(=C/CC1(O)CCCC1)N(C)c1ccccc1. The Morgan fingerprint density at radius 1 is 1.33 bits per heavy atom. The molecular weight excluding hydrogens is 266 g/mol. The van der Waals surface area contributed by atoms with Crippen LogP contribution in [0.3, 0.4) is 0 Å². The second-order valence-electron chi connectivity index (χ2n) is 5.61. The lowest BCUT2D eigenvalue weighted by Crippen LogP contribution is -2.27. The number of rotatable bonds is 5. The predicted molar refractivity (Wildman–Crippen MR) is 83.0 cm³/mol. The van der Waals surface area contributed by atoms with E-state index in [1.807, 2.05) is 37.4 Å². The number of methoxy groups -OCH3 is 1. The molecule has 1 aliphatic carbocycles. The van der Waals surface area contributed by atoms with Crippen LogP contribution in [0.15, 0.2) is 42.1 Å². The minimum Gasteiger partial charge on any atom is -0.464 e. The molecule has 0 spiro atoms. The van der Waals surface area contributed by atoms with E-state index < -0.39 is 5.60 Å². The van der Waals surface area contributed by atoms with Crippen LogP contribution in [0, 0.1) is 0 Å². The van der Waals surface area contributed by atoms with Crippen LogP contribution in [0.4, 0.5) is 5.69 Å². The number of likely N-dealkylation sites (N-methyl/N-ethyl adjacent to an activating group) is 1. The maximum Gasteiger partial charge on any atom is 0.354 e. The van der Waals surface area contributed by atoms with Crippen molar-refractivity contribution in [2.24, 2.45) is 0 Å². The highest BCUT2D eigenvalue weighted by Crippen LogP contribution is 2.33. The number of benzene rings is 1. The molecule has 0 bridgehead atoms. The van der Waals surface area contributed by atoms with Crippen LogP contribution >= 0.6 is 0 Å². The molecule has 0 saturated heterocycles. The molecule has 1 fully saturated rings. The van der Waals surface area contributed by atoms with Crippen molar-refractivity contribution in [2.75, 3.05) is 19.1 Å². The van der Waals surface area contributed by atoms with E-state index in [1.165, 1.54) is 7.11 Å². The summed E-state index contributed by atoms with van der Waals surface area (Å²) in [5.41, 5.74) is 0.702. The van der Waals surface area contributed by atoms with Gasteiger partial charge >= 0.3 is 5.97 Å². The maximum absolute atomic E-state index is 12.0. The highest BCUT2D eigenvalue weighted by Gasteiger charge is 2.30. The highest BCUT2D eigenvalue weighted by molar-refractivity contribution is 5.92. The Labute approximate surface area is 126 Å². The molecule has 1 aromatic carbocycles. The molecular formula is C17H23NO3. The summed E-state index contributed by atoms with van der Waals surface area (Å²) < 4.78 is 4.87. The number of aliphatic hydroxyl groups is 1. The van der Waals surface area contributed by atoms with Crippen LogP contribution in [0.25, 0.3) is 0 Å². The molecule has 1 N–H and O–H groups in total. The lowest BCUT2D eigenvalue weighted by molar-refractivity contribution is -0.136. The predicted octanol–water partition coefficient (Wildman–Crippen LogP) is 2.87. The van der Waals surface area contributed by atoms with E-state index in [9.17, 15) is 9.90 Å². The van der Waals surface area contributed by atoms with Gasteiger partial charge in [-0.2, -0.15) is 0 Å². The van der Waals surface area contributed by atoms with Gasteiger partial charge in [0.05, 0.1) is 12.7 Å². The van der Waals surface area contributed by atoms with Crippen LogP contribution in [0.5, 0.6) is 0 Å². The standard InChI is InChI=1S/C17H23NO3/c1-18(14-8-4-3-5-9-14)15(16(19)21-2)10-13-17(20)11-6-7-12-17/h3-5,8-10,20H,6-7,11-13H2,1-2H3/b15-10-. The third-order valence-corrected chi connectivity index (χ3v) is 4.11. The zero-order valence-electron chi connectivity index (χ0n) is 12.7. The van der Waals surface area contributed by atoms with Crippen LogP contribution in [0.2, 0.25) is 0 Å². The van der Waals surface area contributed by atoms with Gasteiger partial charge in [-0.3, -0.25) is 0 Å². The molecule has 2 rings (SSSR count). The monoisotopic (exact) mass is 289 g/mol. The van der Waals surface area contributed by atoms with Crippen molar-refractivity contribution in [1.82, 2.24) is 0 Å². The zero-order chi connectivity index (χ0) is 15.3. The number of esters is 1. The number of nitrogens with zero attached hydrogens (tertiary/aromatic N) is 1. The van der Waals surface area contributed by atoms with E-state index in [0.29, 0.717) is 12.1 Å². The third kappa shape index (κ3) is 3.85. The number of carbonyl (C=O) groups excluding carboxylic acids is 1. The Morgan fingerprint density at radius 2 is 1.95 bits per heavy atom. The minimum absolute atomic E-state index is 0.386. The molecule has 1 saturated carbocycles. The van der Waals surface area contributed by atoms with Crippen LogP contribution in [0.1, 0.15) is 32.1 Å². The maximum atomic E-state index is 12.0. The Bertz CT molecular complexity index is 504. The van der Waals surface area contributed by atoms with Crippen molar-refractivity contribution in [3.63, 3.8) is 0 Å². The summed E-state index contributed by atoms with van der Waals surface area (Å²) >= 11 is 0. The van der Waals surface area contributed by atoms with E-state index in [0.717, 1.165) is 31.4 Å². The summed E-state index contributed by atoms with van der Waals surface area (Å²) in [6.07, 6.45) is 5.97. The molecule has 0 unspecified atom stereocenters. The number of anilines is 1. The van der Waals surface area contributed by atoms with E-state index in [4.69, 9.17) is 4.74 Å². The number of para-hydroxylation sites is 1. The fraction of sp³-hybridized carbons (Fsp3) is 0.471. The number of hydrogen-bond acceptors (Lipinski definition) is 4. The van der Waals surface area contributed by atoms with Crippen molar-refractivity contribution >= 4 is 11.7 Å². The second-order valence-corrected chi connectivity index (χ2v) is 5.61. The molecule has 0 atom stereocenters. The van der Waals surface area contributed by atoms with Gasteiger partial charge in [0, 0.05) is 12.7 Å². The summed E-state index contributed by atoms with van der Waals surface area (Å²) in [5.74, 6) is -0.386. The number of hydrogen-bond donors (Lipinski definition) is 1. The van der Waals surface area contributed by atoms with Gasteiger partial charge in [-0.15, -0.1) is 0 Å². The van der Waals surface area contributed by atoms with Gasteiger partial charge in [-0.05, 0) is 31.4 Å². The molecule has 4 nitrogen and oxygen atoms in total. The normalized spacial score (nSPS) is 17.6. The Morgan fingerprint density at radius 3 is 2.52 bits per heavy atom. The highest BCUT2D eigenvalue weighted by atomic mass is 16.5. The van der Waals surface area contributed by atoms with Crippen LogP contribution < -0.4 is 4.90 Å². The minimum atomic E-state index is -0.670. The van der Waals surface area contributed by atoms with Gasteiger partial charge in [-0.1, -0.05) is 37.1 Å². The van der Waals surface area contributed by atoms with Crippen molar-refractivity contribution < 1.29 is 14.6 Å². The first-order valence-corrected chi connectivity index (χ1v) is 7.35. The van der Waals surface area contributed by atoms with E-state index in [1.54, 1.807) is 11.0 Å². The van der Waals surface area contributed by atoms with Crippen molar-refractivity contribution in [1.29, 1.82) is 0 Å². The fourth-order valence-electron chi connectivity index (χ4n) is 2.78. The Kier molecular flexibility index (Phi) is 5.02. The Balaban J connectivity index is 2.20. The first kappa shape index (κ1) is 15.6. The summed E-state index contributed by atoms with van der Waals surface area (Å²) in [6, 6.07) is 9.64. The summed E-state index contributed by atoms with van der Waals surface area (Å²) in [5, 5.41) is 10.4. The van der Waals surface area contributed by atoms with Gasteiger partial charge in [0.2, 0.25) is 0 Å². The molecule has 0 aromatic heterocycles. The molecule has 1 aliphatic rings. The molecule has 0 aliphatic heterocycles. The summed E-state index contributed by atoms with van der Waals surface area (Å²) in [6.45, 7) is 0. The van der Waals surface area contributed by atoms with Gasteiger partial charge in [0.1, 0.15) is 5.70 Å². The average Bonchev–Trinajstić information content (AvgIpc) is 2.94. The van der Waals surface area contributed by atoms with Crippen molar-refractivity contribution in [2.45, 2.75) is 37.7 Å². The lowest BCUT2D eigenvalue weighted by Gasteiger charge is -2.24. The first-order valence-electron chi connectivity index (χ1n) is 7.35. The van der Waals surface area contributed by atoms with Crippen molar-refractivity contribution in [3.8, 4) is 0 Å². The van der Waals surface area contributed by atoms with Crippen LogP contribution in [-0.4, -0.2) is 30.8 Å². The Hall–Kier alpha value is -1.81. The molecule has 0 radical (unpaired) electrons. The summed E-state index contributed by atoms with van der Waals surface area (Å²) in [7, 11) is 3.20. The lowest BCUT2D eigenvalue weighted by atomic mass is 9.97. The van der Waals surface area contributed by atoms with Gasteiger partial charge in [0.25, 0.3) is 0 Å². The number of carbonyl (C=O) groups is 1. The zero-order valence-corrected chi connectivity index (χ0v) is 12.7. The van der Waals surface area contributed by atoms with E-state index >= 15 is 0 Å². The second kappa shape index (κ2) is 6.76. The molecule has 0 amide bonds. The molecule has 21 heavy (non-hydrogen) atoms. The fourth-order valence-corrected chi connectivity index (χ4v) is 2.78. The molecule has 1 aromatic rings. The summed E-state index contributed by atoms with van der Waals surface area (Å²) in [4.78, 5) is 13.8. The van der Waals surface area contributed by atoms with Crippen molar-refractivity contribution in [3.05, 3.63) is 42.1 Å². The molecule has 4 heteroatoms. The largest absolute Gasteiger partial charge is 0.464 e. The molecule has 114 valence electrons. The molecule has 0 heterocycles. The van der Waals surface area contributed by atoms with Gasteiger partial charge in [-0.25, -0.2) is 4.79 Å². The van der Waals surface area contributed by atoms with E-state index in [-0.39, 0.29) is 5.97 Å². The van der Waals surface area contributed by atoms with E-state index in [2.05, 4.69) is 0 Å².